The molecule has 2 aromatic carbocycles. The van der Waals surface area contributed by atoms with Gasteiger partial charge in [0.1, 0.15) is 10.4 Å². The van der Waals surface area contributed by atoms with E-state index in [1.165, 1.54) is 17.0 Å². The lowest BCUT2D eigenvalue weighted by atomic mass is 10.2. The molecule has 0 radical (unpaired) electrons. The quantitative estimate of drug-likeness (QED) is 0.667. The van der Waals surface area contributed by atoms with Crippen LogP contribution < -0.4 is 5.43 Å². The number of nitrogens with zero attached hydrogens (tertiary/aromatic N) is 2. The molecule has 1 atom stereocenters. The van der Waals surface area contributed by atoms with Gasteiger partial charge in [0.2, 0.25) is 0 Å². The number of hydrogen-bond acceptors (Lipinski definition) is 3. The van der Waals surface area contributed by atoms with Gasteiger partial charge < -0.3 is 4.57 Å². The van der Waals surface area contributed by atoms with Crippen LogP contribution in [0.1, 0.15) is 27.9 Å². The van der Waals surface area contributed by atoms with E-state index in [9.17, 15) is 0 Å². The molecule has 1 aromatic heterocycles. The van der Waals surface area contributed by atoms with Crippen molar-refractivity contribution in [3.05, 3.63) is 88.2 Å². The number of nitrogens with one attached hydrogen (secondary N) is 1. The Hall–Kier alpha value is -2.17. The van der Waals surface area contributed by atoms with Gasteiger partial charge in [0.05, 0.1) is 0 Å². The number of aryl methyl sites for hydroxylation is 1. The number of aromatic nitrogens is 1. The molecule has 5 heteroatoms. The lowest BCUT2D eigenvalue weighted by Gasteiger charge is -2.12. The molecule has 4 rings (SSSR count). The van der Waals surface area contributed by atoms with Crippen molar-refractivity contribution >= 4 is 28.4 Å². The average molecular weight is 368 g/mol. The highest BCUT2D eigenvalue weighted by molar-refractivity contribution is 8.14. The van der Waals surface area contributed by atoms with Crippen molar-refractivity contribution < 1.29 is 0 Å². The van der Waals surface area contributed by atoms with Crippen molar-refractivity contribution in [2.75, 3.05) is 0 Å². The molecular formula is C20H18ClN3S. The standard InChI is InChI=1S/C20H18ClN3S/c1-13-12-18(14(2)24(13)17-10-8-16(21)9-11-17)20-23-22-19(25-20)15-6-4-3-5-7-15/h3-12,20,23H,1-2H3/t20-/m0/s1. The SMILES string of the molecule is Cc1cc([C@H]2NN=C(c3ccccc3)S2)c(C)n1-c1ccc(Cl)cc1. The fourth-order valence-electron chi connectivity index (χ4n) is 3.17. The third kappa shape index (κ3) is 3.08. The molecule has 25 heavy (non-hydrogen) atoms. The molecule has 0 fully saturated rings. The minimum Gasteiger partial charge on any atom is -0.318 e. The maximum atomic E-state index is 6.02. The topological polar surface area (TPSA) is 29.3 Å². The summed E-state index contributed by atoms with van der Waals surface area (Å²) in [6.45, 7) is 4.28. The van der Waals surface area contributed by atoms with Crippen molar-refractivity contribution in [3.8, 4) is 5.69 Å². The molecule has 0 unspecified atom stereocenters. The molecule has 1 aliphatic rings. The summed E-state index contributed by atoms with van der Waals surface area (Å²) < 4.78 is 2.26. The van der Waals surface area contributed by atoms with Crippen LogP contribution >= 0.6 is 23.4 Å². The van der Waals surface area contributed by atoms with Gasteiger partial charge in [-0.3, -0.25) is 5.43 Å². The smallest absolute Gasteiger partial charge is 0.126 e. The van der Waals surface area contributed by atoms with Gasteiger partial charge in [-0.2, -0.15) is 5.10 Å². The summed E-state index contributed by atoms with van der Waals surface area (Å²) in [6, 6.07) is 20.5. The number of rotatable bonds is 3. The maximum absolute atomic E-state index is 6.02. The second kappa shape index (κ2) is 6.62. The van der Waals surface area contributed by atoms with Gasteiger partial charge in [0.25, 0.3) is 0 Å². The van der Waals surface area contributed by atoms with Gasteiger partial charge >= 0.3 is 0 Å². The summed E-state index contributed by atoms with van der Waals surface area (Å²) in [5.41, 5.74) is 9.22. The van der Waals surface area contributed by atoms with Crippen molar-refractivity contribution in [1.29, 1.82) is 0 Å². The molecule has 1 N–H and O–H groups in total. The molecule has 0 amide bonds. The van der Waals surface area contributed by atoms with Crippen LogP contribution in [-0.4, -0.2) is 9.61 Å². The van der Waals surface area contributed by atoms with Crippen LogP contribution in [0.3, 0.4) is 0 Å². The van der Waals surface area contributed by atoms with E-state index in [1.807, 2.05) is 42.5 Å². The number of thioether (sulfide) groups is 1. The monoisotopic (exact) mass is 367 g/mol. The van der Waals surface area contributed by atoms with Crippen LogP contribution in [0.15, 0.2) is 65.8 Å². The van der Waals surface area contributed by atoms with E-state index in [0.29, 0.717) is 0 Å². The summed E-state index contributed by atoms with van der Waals surface area (Å²) in [5.74, 6) is 0. The number of benzene rings is 2. The molecule has 0 saturated carbocycles. The van der Waals surface area contributed by atoms with Gasteiger partial charge in [-0.05, 0) is 44.2 Å². The van der Waals surface area contributed by atoms with E-state index in [2.05, 4.69) is 47.1 Å². The Morgan fingerprint density at radius 2 is 1.76 bits per heavy atom. The van der Waals surface area contributed by atoms with E-state index < -0.39 is 0 Å². The van der Waals surface area contributed by atoms with Gasteiger partial charge in [-0.1, -0.05) is 53.7 Å². The van der Waals surface area contributed by atoms with Crippen LogP contribution in [0.2, 0.25) is 5.02 Å². The largest absolute Gasteiger partial charge is 0.318 e. The molecule has 2 heterocycles. The van der Waals surface area contributed by atoms with Crippen LogP contribution in [0, 0.1) is 13.8 Å². The molecule has 126 valence electrons. The Balaban J connectivity index is 1.63. The molecule has 0 spiro atoms. The van der Waals surface area contributed by atoms with Crippen molar-refractivity contribution in [2.24, 2.45) is 5.10 Å². The zero-order valence-electron chi connectivity index (χ0n) is 14.0. The zero-order chi connectivity index (χ0) is 17.4. The lowest BCUT2D eigenvalue weighted by Crippen LogP contribution is -2.08. The predicted octanol–water partition coefficient (Wildman–Crippen LogP) is 5.44. The van der Waals surface area contributed by atoms with E-state index in [1.54, 1.807) is 11.8 Å². The van der Waals surface area contributed by atoms with Crippen LogP contribution in [0.4, 0.5) is 0 Å². The Morgan fingerprint density at radius 3 is 2.48 bits per heavy atom. The highest BCUT2D eigenvalue weighted by Gasteiger charge is 2.26. The van der Waals surface area contributed by atoms with Crippen LogP contribution in [0.25, 0.3) is 5.69 Å². The van der Waals surface area contributed by atoms with E-state index in [-0.39, 0.29) is 5.37 Å². The minimum atomic E-state index is 0.127. The molecule has 0 saturated heterocycles. The van der Waals surface area contributed by atoms with Crippen LogP contribution in [0.5, 0.6) is 0 Å². The first kappa shape index (κ1) is 16.3. The minimum absolute atomic E-state index is 0.127. The Bertz CT molecular complexity index is 930. The first-order valence-corrected chi connectivity index (χ1v) is 9.39. The molecule has 3 aromatic rings. The first-order chi connectivity index (χ1) is 12.1. The number of hydrazone groups is 1. The summed E-state index contributed by atoms with van der Waals surface area (Å²) in [6.07, 6.45) is 0. The Labute approximate surface area is 156 Å². The second-order valence-corrected chi connectivity index (χ2v) is 7.58. The van der Waals surface area contributed by atoms with Crippen molar-refractivity contribution in [3.63, 3.8) is 0 Å². The third-order valence-electron chi connectivity index (χ3n) is 4.37. The van der Waals surface area contributed by atoms with Gasteiger partial charge in [0, 0.05) is 33.2 Å². The van der Waals surface area contributed by atoms with Gasteiger partial charge in [-0.25, -0.2) is 0 Å². The normalized spacial score (nSPS) is 16.6. The van der Waals surface area contributed by atoms with Crippen LogP contribution in [-0.2, 0) is 0 Å². The summed E-state index contributed by atoms with van der Waals surface area (Å²) in [7, 11) is 0. The molecule has 3 nitrogen and oxygen atoms in total. The summed E-state index contributed by atoms with van der Waals surface area (Å²) in [5, 5.41) is 6.44. The highest BCUT2D eigenvalue weighted by atomic mass is 35.5. The predicted molar refractivity (Wildman–Crippen MR) is 107 cm³/mol. The average Bonchev–Trinajstić information content (AvgIpc) is 3.22. The van der Waals surface area contributed by atoms with Crippen molar-refractivity contribution in [2.45, 2.75) is 19.2 Å². The highest BCUT2D eigenvalue weighted by Crippen LogP contribution is 2.37. The van der Waals surface area contributed by atoms with Gasteiger partial charge in [0.15, 0.2) is 0 Å². The summed E-state index contributed by atoms with van der Waals surface area (Å²) >= 11 is 7.78. The van der Waals surface area contributed by atoms with E-state index in [4.69, 9.17) is 11.6 Å². The third-order valence-corrected chi connectivity index (χ3v) is 5.77. The molecule has 1 aliphatic heterocycles. The number of halogens is 1. The van der Waals surface area contributed by atoms with Crippen molar-refractivity contribution in [1.82, 2.24) is 9.99 Å². The van der Waals surface area contributed by atoms with Gasteiger partial charge in [-0.15, -0.1) is 0 Å². The Morgan fingerprint density at radius 1 is 1.04 bits per heavy atom. The molecule has 0 bridgehead atoms. The zero-order valence-corrected chi connectivity index (χ0v) is 15.6. The van der Waals surface area contributed by atoms with E-state index in [0.717, 1.165) is 21.3 Å². The maximum Gasteiger partial charge on any atom is 0.126 e. The number of hydrogen-bond donors (Lipinski definition) is 1. The van der Waals surface area contributed by atoms with E-state index >= 15 is 0 Å². The first-order valence-electron chi connectivity index (χ1n) is 8.13. The fraction of sp³-hybridized carbons (Fsp3) is 0.150. The lowest BCUT2D eigenvalue weighted by molar-refractivity contribution is 0.737. The summed E-state index contributed by atoms with van der Waals surface area (Å²) in [4.78, 5) is 0. The molecular weight excluding hydrogens is 350 g/mol. The Kier molecular flexibility index (Phi) is 4.32. The molecule has 0 aliphatic carbocycles. The fourth-order valence-corrected chi connectivity index (χ4v) is 4.37. The second-order valence-electron chi connectivity index (χ2n) is 6.05.